The Labute approximate surface area is 165 Å². The number of aliphatic hydroxyl groups excluding tert-OH is 1. The van der Waals surface area contributed by atoms with E-state index in [1.807, 2.05) is 43.3 Å². The molecule has 0 bridgehead atoms. The molecule has 1 unspecified atom stereocenters. The molecular weight excluding hydrogens is 354 g/mol. The van der Waals surface area contributed by atoms with Crippen molar-refractivity contribution in [1.82, 2.24) is 5.32 Å². The third-order valence-corrected chi connectivity index (χ3v) is 5.29. The number of rotatable bonds is 6. The predicted octanol–water partition coefficient (Wildman–Crippen LogP) is 3.95. The van der Waals surface area contributed by atoms with Crippen molar-refractivity contribution in [1.29, 1.82) is 0 Å². The Balaban J connectivity index is 1.84. The first-order chi connectivity index (χ1) is 13.6. The molecule has 0 heterocycles. The lowest BCUT2D eigenvalue weighted by atomic mass is 9.67. The fraction of sp³-hybridized carbons (Fsp3) is 0.304. The number of Topliss-reactive ketones (excluding diaryl/α,β-unsaturated/α-hetero) is 1. The van der Waals surface area contributed by atoms with Crippen LogP contribution in [0, 0.1) is 0 Å². The number of ketones is 1. The van der Waals surface area contributed by atoms with Crippen LogP contribution in [0.5, 0.6) is 5.75 Å². The molecule has 0 radical (unpaired) electrons. The molecule has 0 aliphatic heterocycles. The smallest absolute Gasteiger partial charge is 0.255 e. The first-order valence-electron chi connectivity index (χ1n) is 9.51. The van der Waals surface area contributed by atoms with Crippen molar-refractivity contribution < 1.29 is 19.4 Å². The molecule has 146 valence electrons. The summed E-state index contributed by atoms with van der Waals surface area (Å²) in [4.78, 5) is 25.3. The zero-order valence-electron chi connectivity index (χ0n) is 16.0. The molecule has 5 heteroatoms. The molecule has 0 aromatic heterocycles. The number of aliphatic hydroxyl groups is 1. The lowest BCUT2D eigenvalue weighted by molar-refractivity contribution is -0.118. The van der Waals surface area contributed by atoms with Crippen molar-refractivity contribution in [3.63, 3.8) is 0 Å². The zero-order chi connectivity index (χ0) is 20.0. The summed E-state index contributed by atoms with van der Waals surface area (Å²) >= 11 is 0. The Morgan fingerprint density at radius 3 is 2.57 bits per heavy atom. The van der Waals surface area contributed by atoms with Crippen LogP contribution >= 0.6 is 0 Å². The van der Waals surface area contributed by atoms with Gasteiger partial charge in [0.05, 0.1) is 18.4 Å². The minimum Gasteiger partial charge on any atom is -0.515 e. The summed E-state index contributed by atoms with van der Waals surface area (Å²) < 4.78 is 5.56. The van der Waals surface area contributed by atoms with Gasteiger partial charge in [0.2, 0.25) is 0 Å². The van der Waals surface area contributed by atoms with E-state index in [0.29, 0.717) is 42.9 Å². The molecule has 1 saturated carbocycles. The summed E-state index contributed by atoms with van der Waals surface area (Å²) in [5, 5.41) is 12.3. The van der Waals surface area contributed by atoms with Crippen LogP contribution in [0.1, 0.15) is 42.1 Å². The van der Waals surface area contributed by atoms with Gasteiger partial charge in [0.15, 0.2) is 5.78 Å². The van der Waals surface area contributed by atoms with Crippen LogP contribution in [0.2, 0.25) is 0 Å². The topological polar surface area (TPSA) is 75.6 Å². The van der Waals surface area contributed by atoms with E-state index < -0.39 is 5.41 Å². The third-order valence-electron chi connectivity index (χ3n) is 5.29. The first kappa shape index (κ1) is 19.7. The highest BCUT2D eigenvalue weighted by Gasteiger charge is 2.39. The van der Waals surface area contributed by atoms with E-state index >= 15 is 0 Å². The van der Waals surface area contributed by atoms with Crippen LogP contribution in [0.25, 0.3) is 0 Å². The summed E-state index contributed by atoms with van der Waals surface area (Å²) in [7, 11) is 0. The van der Waals surface area contributed by atoms with Gasteiger partial charge in [0.25, 0.3) is 5.91 Å². The lowest BCUT2D eigenvalue weighted by Gasteiger charge is -2.38. The van der Waals surface area contributed by atoms with Gasteiger partial charge >= 0.3 is 0 Å². The van der Waals surface area contributed by atoms with E-state index in [2.05, 4.69) is 5.32 Å². The zero-order valence-corrected chi connectivity index (χ0v) is 16.0. The number of amides is 1. The maximum atomic E-state index is 12.8. The Morgan fingerprint density at radius 1 is 1.18 bits per heavy atom. The Morgan fingerprint density at radius 2 is 1.89 bits per heavy atom. The number of ether oxygens (including phenoxy) is 1. The molecule has 1 fully saturated rings. The molecule has 0 saturated heterocycles. The highest BCUT2D eigenvalue weighted by molar-refractivity contribution is 5.98. The fourth-order valence-electron chi connectivity index (χ4n) is 3.73. The van der Waals surface area contributed by atoms with Crippen molar-refractivity contribution in [2.45, 2.75) is 31.6 Å². The Hall–Kier alpha value is -3.08. The van der Waals surface area contributed by atoms with Gasteiger partial charge in [0, 0.05) is 24.0 Å². The van der Waals surface area contributed by atoms with Gasteiger partial charge in [-0.1, -0.05) is 42.5 Å². The molecule has 5 nitrogen and oxygen atoms in total. The molecule has 2 aromatic carbocycles. The molecule has 28 heavy (non-hydrogen) atoms. The number of nitrogens with one attached hydrogen (secondary N) is 1. The van der Waals surface area contributed by atoms with Gasteiger partial charge in [-0.2, -0.15) is 0 Å². The SMILES string of the molecule is CCOc1ccccc1C(=O)NCC1(c2ccccc2)CC/C(=C/O)C(=O)C1. The maximum absolute atomic E-state index is 12.8. The van der Waals surface area contributed by atoms with Gasteiger partial charge in [-0.3, -0.25) is 9.59 Å². The van der Waals surface area contributed by atoms with E-state index in [9.17, 15) is 14.7 Å². The van der Waals surface area contributed by atoms with Crippen LogP contribution in [-0.4, -0.2) is 29.9 Å². The quantitative estimate of drug-likeness (QED) is 0.589. The molecular formula is C23H25NO4. The van der Waals surface area contributed by atoms with Gasteiger partial charge < -0.3 is 15.2 Å². The van der Waals surface area contributed by atoms with Crippen LogP contribution < -0.4 is 10.1 Å². The van der Waals surface area contributed by atoms with Gasteiger partial charge in [-0.15, -0.1) is 0 Å². The number of hydrogen-bond acceptors (Lipinski definition) is 4. The largest absolute Gasteiger partial charge is 0.515 e. The lowest BCUT2D eigenvalue weighted by Crippen LogP contribution is -2.44. The Kier molecular flexibility index (Phi) is 6.14. The number of para-hydroxylation sites is 1. The van der Waals surface area contributed by atoms with Crippen LogP contribution in [0.4, 0.5) is 0 Å². The summed E-state index contributed by atoms with van der Waals surface area (Å²) in [5.74, 6) is 0.235. The minimum atomic E-state index is -0.499. The highest BCUT2D eigenvalue weighted by atomic mass is 16.5. The van der Waals surface area contributed by atoms with Crippen molar-refractivity contribution in [2.75, 3.05) is 13.2 Å². The van der Waals surface area contributed by atoms with E-state index in [-0.39, 0.29) is 18.1 Å². The van der Waals surface area contributed by atoms with Gasteiger partial charge in [-0.05, 0) is 37.5 Å². The summed E-state index contributed by atoms with van der Waals surface area (Å²) in [5.41, 5.74) is 1.44. The van der Waals surface area contributed by atoms with Crippen molar-refractivity contribution in [2.24, 2.45) is 0 Å². The number of carbonyl (C=O) groups excluding carboxylic acids is 2. The van der Waals surface area contributed by atoms with Gasteiger partial charge in [-0.25, -0.2) is 0 Å². The second kappa shape index (κ2) is 8.74. The van der Waals surface area contributed by atoms with Crippen molar-refractivity contribution in [3.05, 3.63) is 77.6 Å². The molecule has 0 spiro atoms. The summed E-state index contributed by atoms with van der Waals surface area (Å²) in [6.07, 6.45) is 2.31. The Bertz CT molecular complexity index is 875. The van der Waals surface area contributed by atoms with Crippen LogP contribution in [0.15, 0.2) is 66.4 Å². The summed E-state index contributed by atoms with van der Waals surface area (Å²) in [6.45, 7) is 2.68. The molecule has 1 amide bonds. The average molecular weight is 379 g/mol. The number of hydrogen-bond donors (Lipinski definition) is 2. The predicted molar refractivity (Wildman–Crippen MR) is 108 cm³/mol. The fourth-order valence-corrected chi connectivity index (χ4v) is 3.73. The number of allylic oxidation sites excluding steroid dienone is 1. The normalized spacial score (nSPS) is 20.8. The summed E-state index contributed by atoms with van der Waals surface area (Å²) in [6, 6.07) is 16.9. The van der Waals surface area contributed by atoms with Crippen LogP contribution in [0.3, 0.4) is 0 Å². The molecule has 1 aliphatic rings. The third kappa shape index (κ3) is 4.09. The molecule has 3 rings (SSSR count). The first-order valence-corrected chi connectivity index (χ1v) is 9.51. The van der Waals surface area contributed by atoms with Crippen molar-refractivity contribution in [3.8, 4) is 5.75 Å². The maximum Gasteiger partial charge on any atom is 0.255 e. The van der Waals surface area contributed by atoms with Gasteiger partial charge in [0.1, 0.15) is 5.75 Å². The molecule has 1 aliphatic carbocycles. The molecule has 2 aromatic rings. The van der Waals surface area contributed by atoms with E-state index in [4.69, 9.17) is 4.74 Å². The number of carbonyl (C=O) groups is 2. The second-order valence-corrected chi connectivity index (χ2v) is 7.01. The number of benzene rings is 2. The van der Waals surface area contributed by atoms with Crippen molar-refractivity contribution >= 4 is 11.7 Å². The monoisotopic (exact) mass is 379 g/mol. The van der Waals surface area contributed by atoms with E-state index in [1.54, 1.807) is 18.2 Å². The standard InChI is InChI=1S/C23H25NO4/c1-2-28-21-11-7-6-10-19(21)22(27)24-16-23(18-8-4-3-5-9-18)13-12-17(15-25)20(26)14-23/h3-11,15,25H,2,12-14,16H2,1H3,(H,24,27)/b17-15-. The molecule has 1 atom stereocenters. The van der Waals surface area contributed by atoms with E-state index in [0.717, 1.165) is 11.8 Å². The minimum absolute atomic E-state index is 0.0819. The average Bonchev–Trinajstić information content (AvgIpc) is 2.73. The van der Waals surface area contributed by atoms with E-state index in [1.165, 1.54) is 0 Å². The second-order valence-electron chi connectivity index (χ2n) is 7.01. The molecule has 2 N–H and O–H groups in total. The van der Waals surface area contributed by atoms with Crippen LogP contribution in [-0.2, 0) is 10.2 Å². The highest BCUT2D eigenvalue weighted by Crippen LogP contribution is 2.39.